The predicted molar refractivity (Wildman–Crippen MR) is 101 cm³/mol. The summed E-state index contributed by atoms with van der Waals surface area (Å²) >= 11 is 3.77. The predicted octanol–water partition coefficient (Wildman–Crippen LogP) is 3.91. The number of fused-ring (bicyclic) bond motifs is 2. The van der Waals surface area contributed by atoms with E-state index in [9.17, 15) is 0 Å². The third-order valence-electron chi connectivity index (χ3n) is 4.93. The molecule has 0 spiro atoms. The van der Waals surface area contributed by atoms with Crippen LogP contribution in [0.3, 0.4) is 0 Å². The molecule has 0 fully saturated rings. The highest BCUT2D eigenvalue weighted by Gasteiger charge is 2.21. The van der Waals surface area contributed by atoms with Crippen molar-refractivity contribution in [3.8, 4) is 0 Å². The van der Waals surface area contributed by atoms with Gasteiger partial charge in [0.05, 0.1) is 5.39 Å². The maximum atomic E-state index is 6.58. The number of nitrogens with two attached hydrogens (primary N) is 1. The Bertz CT molecular complexity index is 718. The van der Waals surface area contributed by atoms with Crippen LogP contribution in [0.2, 0.25) is 0 Å². The molecule has 2 aromatic rings. The maximum Gasteiger partial charge on any atom is 0.143 e. The zero-order valence-corrected chi connectivity index (χ0v) is 16.0. The first kappa shape index (κ1) is 16.8. The van der Waals surface area contributed by atoms with E-state index in [2.05, 4.69) is 46.4 Å². The van der Waals surface area contributed by atoms with E-state index >= 15 is 0 Å². The molecule has 1 aliphatic rings. The van der Waals surface area contributed by atoms with Crippen molar-refractivity contribution in [1.82, 2.24) is 14.5 Å². The molecule has 0 saturated heterocycles. The minimum atomic E-state index is 0.952. The highest BCUT2D eigenvalue weighted by Crippen LogP contribution is 2.38. The van der Waals surface area contributed by atoms with Crippen LogP contribution in [0.15, 0.2) is 4.47 Å². The zero-order valence-electron chi connectivity index (χ0n) is 14.5. The van der Waals surface area contributed by atoms with Gasteiger partial charge in [0.2, 0.25) is 0 Å². The number of aromatic nitrogens is 2. The van der Waals surface area contributed by atoms with Crippen molar-refractivity contribution in [1.29, 1.82) is 0 Å². The molecule has 0 aliphatic heterocycles. The Kier molecular flexibility index (Phi) is 4.97. The number of rotatable bonds is 4. The van der Waals surface area contributed by atoms with Gasteiger partial charge in [0, 0.05) is 28.1 Å². The highest BCUT2D eigenvalue weighted by atomic mass is 79.9. The number of aryl methyl sites for hydroxylation is 2. The number of nitrogens with zero attached hydrogens (tertiary/aromatic N) is 3. The van der Waals surface area contributed by atoms with E-state index < -0.39 is 0 Å². The number of halogens is 1. The minimum absolute atomic E-state index is 0.952. The molecule has 3 rings (SSSR count). The summed E-state index contributed by atoms with van der Waals surface area (Å²) in [5, 5.41) is 1.12. The molecule has 1 aliphatic carbocycles. The summed E-state index contributed by atoms with van der Waals surface area (Å²) in [7, 11) is 4.24. The number of hydrogen-bond donors (Lipinski definition) is 1. The summed E-state index contributed by atoms with van der Waals surface area (Å²) in [4.78, 5) is 7.28. The Balaban J connectivity index is 2.09. The number of nitrogen functional groups attached to an aromatic ring is 1. The summed E-state index contributed by atoms with van der Waals surface area (Å²) in [6, 6.07) is 0. The Morgan fingerprint density at radius 1 is 1.22 bits per heavy atom. The fraction of sp³-hybridized carbons (Fsp3) is 0.611. The van der Waals surface area contributed by atoms with Crippen molar-refractivity contribution >= 4 is 32.7 Å². The van der Waals surface area contributed by atoms with Gasteiger partial charge in [-0.05, 0) is 81.2 Å². The van der Waals surface area contributed by atoms with Crippen molar-refractivity contribution < 1.29 is 0 Å². The Hall–Kier alpha value is -1.07. The molecule has 2 heterocycles. The Labute approximate surface area is 147 Å². The lowest BCUT2D eigenvalue weighted by Gasteiger charge is -2.13. The van der Waals surface area contributed by atoms with Gasteiger partial charge in [-0.3, -0.25) is 0 Å². The first-order valence-corrected chi connectivity index (χ1v) is 9.40. The number of anilines is 1. The molecular formula is C18H27BrN4. The van der Waals surface area contributed by atoms with Gasteiger partial charge in [-0.1, -0.05) is 6.42 Å². The first-order valence-electron chi connectivity index (χ1n) is 8.61. The average molecular weight is 379 g/mol. The third-order valence-corrected chi connectivity index (χ3v) is 5.90. The first-order chi connectivity index (χ1) is 11.0. The topological polar surface area (TPSA) is 47.1 Å². The SMILES string of the molecule is Cc1c(Br)c2c(N)c3c(nc2n1CCCN(C)C)CCCCC3. The molecule has 0 atom stereocenters. The van der Waals surface area contributed by atoms with Gasteiger partial charge in [-0.2, -0.15) is 0 Å². The fourth-order valence-corrected chi connectivity index (χ4v) is 4.23. The van der Waals surface area contributed by atoms with Gasteiger partial charge in [0.1, 0.15) is 5.65 Å². The quantitative estimate of drug-likeness (QED) is 0.820. The third kappa shape index (κ3) is 3.13. The van der Waals surface area contributed by atoms with Crippen LogP contribution in [0.1, 0.15) is 42.6 Å². The average Bonchev–Trinajstić information content (AvgIpc) is 2.69. The van der Waals surface area contributed by atoms with Crippen LogP contribution in [0.5, 0.6) is 0 Å². The molecule has 0 aromatic carbocycles. The van der Waals surface area contributed by atoms with Gasteiger partial charge in [-0.25, -0.2) is 4.98 Å². The second-order valence-electron chi connectivity index (χ2n) is 6.92. The van der Waals surface area contributed by atoms with Gasteiger partial charge in [0.25, 0.3) is 0 Å². The smallest absolute Gasteiger partial charge is 0.143 e. The van der Waals surface area contributed by atoms with Crippen LogP contribution in [0, 0.1) is 6.92 Å². The van der Waals surface area contributed by atoms with E-state index in [-0.39, 0.29) is 0 Å². The van der Waals surface area contributed by atoms with Crippen molar-refractivity contribution in [3.63, 3.8) is 0 Å². The van der Waals surface area contributed by atoms with E-state index in [0.29, 0.717) is 0 Å². The van der Waals surface area contributed by atoms with Gasteiger partial charge in [-0.15, -0.1) is 0 Å². The van der Waals surface area contributed by atoms with Crippen molar-refractivity contribution in [3.05, 3.63) is 21.4 Å². The molecule has 23 heavy (non-hydrogen) atoms. The van der Waals surface area contributed by atoms with Crippen molar-refractivity contribution in [2.45, 2.75) is 52.0 Å². The zero-order chi connectivity index (χ0) is 16.6. The molecule has 5 heteroatoms. The van der Waals surface area contributed by atoms with Crippen LogP contribution in [0.25, 0.3) is 11.0 Å². The van der Waals surface area contributed by atoms with Crippen LogP contribution >= 0.6 is 15.9 Å². The van der Waals surface area contributed by atoms with Gasteiger partial charge >= 0.3 is 0 Å². The molecule has 0 bridgehead atoms. The summed E-state index contributed by atoms with van der Waals surface area (Å²) < 4.78 is 3.46. The molecule has 0 saturated carbocycles. The van der Waals surface area contributed by atoms with Crippen LogP contribution in [-0.2, 0) is 19.4 Å². The van der Waals surface area contributed by atoms with Crippen LogP contribution in [0.4, 0.5) is 5.69 Å². The minimum Gasteiger partial charge on any atom is -0.398 e. The summed E-state index contributed by atoms with van der Waals surface area (Å²) in [5.74, 6) is 0. The fourth-order valence-electron chi connectivity index (χ4n) is 3.62. The van der Waals surface area contributed by atoms with Crippen molar-refractivity contribution in [2.24, 2.45) is 0 Å². The maximum absolute atomic E-state index is 6.58. The standard InChI is InChI=1S/C18H27BrN4/c1-12-16(19)15-17(20)13-8-5-4-6-9-14(13)21-18(15)23(12)11-7-10-22(2)3/h4-11H2,1-3H3,(H2,20,21). The van der Waals surface area contributed by atoms with E-state index in [1.165, 1.54) is 36.2 Å². The molecule has 126 valence electrons. The van der Waals surface area contributed by atoms with Gasteiger partial charge < -0.3 is 15.2 Å². The number of hydrogen-bond acceptors (Lipinski definition) is 3. The van der Waals surface area contributed by atoms with E-state index in [4.69, 9.17) is 10.7 Å². The molecule has 2 N–H and O–H groups in total. The monoisotopic (exact) mass is 378 g/mol. The molecular weight excluding hydrogens is 352 g/mol. The molecule has 0 radical (unpaired) electrons. The van der Waals surface area contributed by atoms with E-state index in [1.807, 2.05) is 0 Å². The number of pyridine rings is 1. The molecule has 0 amide bonds. The van der Waals surface area contributed by atoms with Crippen LogP contribution in [-0.4, -0.2) is 35.1 Å². The second kappa shape index (κ2) is 6.81. The lowest BCUT2D eigenvalue weighted by atomic mass is 10.0. The van der Waals surface area contributed by atoms with E-state index in [0.717, 1.165) is 53.5 Å². The highest BCUT2D eigenvalue weighted by molar-refractivity contribution is 9.10. The van der Waals surface area contributed by atoms with Gasteiger partial charge in [0.15, 0.2) is 0 Å². The van der Waals surface area contributed by atoms with Crippen LogP contribution < -0.4 is 5.73 Å². The van der Waals surface area contributed by atoms with Crippen molar-refractivity contribution in [2.75, 3.05) is 26.4 Å². The molecule has 4 nitrogen and oxygen atoms in total. The molecule has 0 unspecified atom stereocenters. The Morgan fingerprint density at radius 2 is 1.96 bits per heavy atom. The lowest BCUT2D eigenvalue weighted by Crippen LogP contribution is -2.15. The normalized spacial score (nSPS) is 15.2. The lowest BCUT2D eigenvalue weighted by molar-refractivity contribution is 0.387. The van der Waals surface area contributed by atoms with E-state index in [1.54, 1.807) is 0 Å². The second-order valence-corrected chi connectivity index (χ2v) is 7.71. The molecule has 2 aromatic heterocycles. The largest absolute Gasteiger partial charge is 0.398 e. The Morgan fingerprint density at radius 3 is 2.70 bits per heavy atom. The summed E-state index contributed by atoms with van der Waals surface area (Å²) in [6.45, 7) is 4.22. The summed E-state index contributed by atoms with van der Waals surface area (Å²) in [5.41, 5.74) is 12.3. The summed E-state index contributed by atoms with van der Waals surface area (Å²) in [6.07, 6.45) is 6.99.